The van der Waals surface area contributed by atoms with Gasteiger partial charge in [-0.1, -0.05) is 6.92 Å². The number of nitrogens with zero attached hydrogens (tertiary/aromatic N) is 6. The molecule has 7 nitrogen and oxygen atoms in total. The standard InChI is InChI=1S/C20H21F3N6O/c1-11-4-5-28(18(30)14-6-12(2)26-13(3)7-14)9-20(11,23)16-8-15(17(21)22)27-19-24-10-25-29(16)19/h6-8,10-11,17H,4-5,9H2,1-3H3/t11-,20-/m1/s1. The number of halogens is 3. The molecule has 0 saturated carbocycles. The zero-order chi connectivity index (χ0) is 21.6. The van der Waals surface area contributed by atoms with Gasteiger partial charge in [0, 0.05) is 23.5 Å². The predicted octanol–water partition coefficient (Wildman–Crippen LogP) is 3.42. The van der Waals surface area contributed by atoms with Gasteiger partial charge in [0.1, 0.15) is 12.0 Å². The number of carbonyl (C=O) groups excluding carboxylic acids is 1. The van der Waals surface area contributed by atoms with Gasteiger partial charge in [0.05, 0.1) is 12.2 Å². The highest BCUT2D eigenvalue weighted by molar-refractivity contribution is 5.94. The van der Waals surface area contributed by atoms with Crippen LogP contribution >= 0.6 is 0 Å². The molecule has 0 bridgehead atoms. The number of pyridine rings is 1. The number of fused-ring (bicyclic) bond motifs is 1. The fourth-order valence-corrected chi connectivity index (χ4v) is 3.98. The van der Waals surface area contributed by atoms with E-state index in [0.29, 0.717) is 29.9 Å². The smallest absolute Gasteiger partial charge is 0.280 e. The Morgan fingerprint density at radius 3 is 2.57 bits per heavy atom. The summed E-state index contributed by atoms with van der Waals surface area (Å²) in [6.45, 7) is 5.35. The summed E-state index contributed by atoms with van der Waals surface area (Å²) in [5.74, 6) is -0.950. The Labute approximate surface area is 171 Å². The lowest BCUT2D eigenvalue weighted by molar-refractivity contribution is -0.00578. The molecular formula is C20H21F3N6O. The average Bonchev–Trinajstić information content (AvgIpc) is 3.16. The number of likely N-dealkylation sites (tertiary alicyclic amines) is 1. The molecule has 1 aliphatic heterocycles. The van der Waals surface area contributed by atoms with E-state index in [1.165, 1.54) is 4.90 Å². The van der Waals surface area contributed by atoms with Gasteiger partial charge in [-0.25, -0.2) is 18.2 Å². The molecule has 158 valence electrons. The molecule has 0 spiro atoms. The molecule has 4 rings (SSSR count). The largest absolute Gasteiger partial charge is 0.335 e. The summed E-state index contributed by atoms with van der Waals surface area (Å²) in [6, 6.07) is 4.34. The molecule has 0 radical (unpaired) electrons. The maximum absolute atomic E-state index is 16.5. The second-order valence-corrected chi connectivity index (χ2v) is 7.76. The predicted molar refractivity (Wildman–Crippen MR) is 102 cm³/mol. The van der Waals surface area contributed by atoms with Gasteiger partial charge in [-0.15, -0.1) is 0 Å². The van der Waals surface area contributed by atoms with E-state index in [9.17, 15) is 13.6 Å². The fourth-order valence-electron chi connectivity index (χ4n) is 3.98. The summed E-state index contributed by atoms with van der Waals surface area (Å²) in [5.41, 5.74) is -0.939. The van der Waals surface area contributed by atoms with Gasteiger partial charge in [-0.05, 0) is 44.4 Å². The van der Waals surface area contributed by atoms with Crippen molar-refractivity contribution in [3.8, 4) is 0 Å². The van der Waals surface area contributed by atoms with Gasteiger partial charge >= 0.3 is 0 Å². The van der Waals surface area contributed by atoms with Crippen LogP contribution in [0.15, 0.2) is 24.5 Å². The van der Waals surface area contributed by atoms with Crippen molar-refractivity contribution < 1.29 is 18.0 Å². The topological polar surface area (TPSA) is 76.3 Å². The lowest BCUT2D eigenvalue weighted by Gasteiger charge is -2.42. The quantitative estimate of drug-likeness (QED) is 0.652. The molecule has 3 aromatic rings. The minimum absolute atomic E-state index is 0.0765. The monoisotopic (exact) mass is 418 g/mol. The first kappa shape index (κ1) is 20.2. The number of amides is 1. The Morgan fingerprint density at radius 1 is 1.20 bits per heavy atom. The van der Waals surface area contributed by atoms with Crippen LogP contribution in [0.5, 0.6) is 0 Å². The van der Waals surface area contributed by atoms with Crippen molar-refractivity contribution in [3.63, 3.8) is 0 Å². The van der Waals surface area contributed by atoms with Gasteiger partial charge < -0.3 is 4.90 Å². The van der Waals surface area contributed by atoms with Gasteiger partial charge in [0.25, 0.3) is 18.1 Å². The van der Waals surface area contributed by atoms with Crippen LogP contribution in [0.4, 0.5) is 13.2 Å². The Bertz CT molecular complexity index is 1100. The molecule has 10 heteroatoms. The van der Waals surface area contributed by atoms with Gasteiger partial charge in [-0.3, -0.25) is 9.78 Å². The molecule has 0 unspecified atom stereocenters. The highest BCUT2D eigenvalue weighted by atomic mass is 19.3. The van der Waals surface area contributed by atoms with Crippen LogP contribution < -0.4 is 0 Å². The molecule has 1 aliphatic rings. The lowest BCUT2D eigenvalue weighted by Crippen LogP contribution is -2.51. The van der Waals surface area contributed by atoms with E-state index in [1.807, 2.05) is 0 Å². The second kappa shape index (κ2) is 7.33. The molecule has 2 atom stereocenters. The molecule has 0 aromatic carbocycles. The molecule has 4 heterocycles. The van der Waals surface area contributed by atoms with Crippen molar-refractivity contribution in [2.75, 3.05) is 13.1 Å². The summed E-state index contributed by atoms with van der Waals surface area (Å²) in [6.07, 6.45) is -1.37. The lowest BCUT2D eigenvalue weighted by atomic mass is 9.81. The highest BCUT2D eigenvalue weighted by Crippen LogP contribution is 2.41. The molecule has 30 heavy (non-hydrogen) atoms. The van der Waals surface area contributed by atoms with Crippen LogP contribution in [0.2, 0.25) is 0 Å². The van der Waals surface area contributed by atoms with Crippen molar-refractivity contribution in [1.82, 2.24) is 29.5 Å². The minimum atomic E-state index is -2.88. The number of aryl methyl sites for hydroxylation is 2. The number of aromatic nitrogens is 5. The maximum atomic E-state index is 16.5. The van der Waals surface area contributed by atoms with Gasteiger partial charge in [0.15, 0.2) is 5.67 Å². The zero-order valence-corrected chi connectivity index (χ0v) is 16.8. The first-order valence-electron chi connectivity index (χ1n) is 9.62. The molecule has 0 aliphatic carbocycles. The number of hydrogen-bond donors (Lipinski definition) is 0. The number of rotatable bonds is 3. The fraction of sp³-hybridized carbons (Fsp3) is 0.450. The van der Waals surface area contributed by atoms with E-state index in [4.69, 9.17) is 0 Å². The first-order valence-corrected chi connectivity index (χ1v) is 9.62. The van der Waals surface area contributed by atoms with Crippen molar-refractivity contribution in [2.24, 2.45) is 5.92 Å². The van der Waals surface area contributed by atoms with E-state index < -0.39 is 23.7 Å². The summed E-state index contributed by atoms with van der Waals surface area (Å²) in [7, 11) is 0. The molecule has 1 amide bonds. The number of hydrogen-bond acceptors (Lipinski definition) is 5. The second-order valence-electron chi connectivity index (χ2n) is 7.76. The highest BCUT2D eigenvalue weighted by Gasteiger charge is 2.47. The Kier molecular flexibility index (Phi) is 4.95. The van der Waals surface area contributed by atoms with Crippen LogP contribution in [0, 0.1) is 19.8 Å². The molecule has 0 N–H and O–H groups in total. The average molecular weight is 418 g/mol. The SMILES string of the molecule is Cc1cc(C(=O)N2CC[C@@H](C)[C@@](F)(c3cc(C(F)F)nc4ncnn34)C2)cc(C)n1. The third-order valence-electron chi connectivity index (χ3n) is 5.57. The van der Waals surface area contributed by atoms with E-state index in [0.717, 1.165) is 16.9 Å². The number of piperidine rings is 1. The Hall–Kier alpha value is -3.04. The van der Waals surface area contributed by atoms with Gasteiger partial charge in [-0.2, -0.15) is 14.6 Å². The van der Waals surface area contributed by atoms with Crippen molar-refractivity contribution >= 4 is 11.7 Å². The van der Waals surface area contributed by atoms with Crippen LogP contribution in [0.25, 0.3) is 5.78 Å². The van der Waals surface area contributed by atoms with Crippen LogP contribution in [-0.4, -0.2) is 48.5 Å². The summed E-state index contributed by atoms with van der Waals surface area (Å²) in [4.78, 5) is 26.4. The minimum Gasteiger partial charge on any atom is -0.335 e. The van der Waals surface area contributed by atoms with E-state index in [2.05, 4.69) is 20.1 Å². The van der Waals surface area contributed by atoms with Crippen molar-refractivity contribution in [2.45, 2.75) is 39.3 Å². The van der Waals surface area contributed by atoms with Crippen LogP contribution in [0.3, 0.4) is 0 Å². The van der Waals surface area contributed by atoms with Crippen molar-refractivity contribution in [3.05, 3.63) is 52.9 Å². The summed E-state index contributed by atoms with van der Waals surface area (Å²) >= 11 is 0. The Balaban J connectivity index is 1.75. The zero-order valence-electron chi connectivity index (χ0n) is 16.8. The molecule has 1 fully saturated rings. The maximum Gasteiger partial charge on any atom is 0.280 e. The first-order chi connectivity index (χ1) is 14.2. The van der Waals surface area contributed by atoms with Crippen molar-refractivity contribution in [1.29, 1.82) is 0 Å². The molecular weight excluding hydrogens is 397 g/mol. The normalized spacial score (nSPS) is 22.1. The van der Waals surface area contributed by atoms with E-state index in [1.54, 1.807) is 32.9 Å². The summed E-state index contributed by atoms with van der Waals surface area (Å²) < 4.78 is 44.3. The third kappa shape index (κ3) is 3.40. The molecule has 1 saturated heterocycles. The van der Waals surface area contributed by atoms with Crippen LogP contribution in [0.1, 0.15) is 52.9 Å². The van der Waals surface area contributed by atoms with E-state index >= 15 is 4.39 Å². The Morgan fingerprint density at radius 2 is 1.90 bits per heavy atom. The van der Waals surface area contributed by atoms with Crippen LogP contribution in [-0.2, 0) is 5.67 Å². The molecule has 3 aromatic heterocycles. The summed E-state index contributed by atoms with van der Waals surface area (Å²) in [5, 5.41) is 3.97. The van der Waals surface area contributed by atoms with E-state index in [-0.39, 0.29) is 23.9 Å². The third-order valence-corrected chi connectivity index (χ3v) is 5.57. The number of alkyl halides is 3. The number of carbonyl (C=O) groups is 1. The van der Waals surface area contributed by atoms with Gasteiger partial charge in [0.2, 0.25) is 0 Å².